The van der Waals surface area contributed by atoms with E-state index in [4.69, 9.17) is 14.5 Å². The largest absolute Gasteiger partial charge is 0.475 e. The first-order valence-electron chi connectivity index (χ1n) is 20.3. The average molecular weight is 846 g/mol. The molecule has 3 aromatic rings. The number of rotatable bonds is 18. The van der Waals surface area contributed by atoms with Gasteiger partial charge in [-0.25, -0.2) is 9.79 Å². The number of carbonyl (C=O) groups is 5. The number of piperazine rings is 1. The number of fused-ring (bicyclic) bond motifs is 2. The molecule has 3 aliphatic rings. The number of imide groups is 2. The van der Waals surface area contributed by atoms with Crippen LogP contribution in [0, 0.1) is 0 Å². The predicted octanol–water partition coefficient (Wildman–Crippen LogP) is 4.50. The van der Waals surface area contributed by atoms with Crippen LogP contribution in [-0.2, 0) is 24.7 Å². The van der Waals surface area contributed by atoms with Crippen molar-refractivity contribution in [1.82, 2.24) is 15.1 Å². The number of cyclic esters (lactones) is 1. The molecule has 3 heterocycles. The maximum Gasteiger partial charge on any atom is 0.339 e. The Morgan fingerprint density at radius 3 is 2.39 bits per heavy atom. The minimum absolute atomic E-state index is 0.00260. The number of nitrogens with zero attached hydrogens (tertiary/aromatic N) is 7. The number of benzene rings is 3. The van der Waals surface area contributed by atoms with Gasteiger partial charge in [0.05, 0.1) is 23.3 Å². The fourth-order valence-electron chi connectivity index (χ4n) is 7.59. The van der Waals surface area contributed by atoms with Gasteiger partial charge < -0.3 is 24.8 Å². The number of hydrogen-bond donors (Lipinski definition) is 3. The lowest BCUT2D eigenvalue weighted by Gasteiger charge is -2.36. The van der Waals surface area contributed by atoms with E-state index in [9.17, 15) is 29.1 Å². The molecular weight excluding hydrogens is 795 g/mol. The third-order valence-electron chi connectivity index (χ3n) is 11.0. The molecule has 3 N–H and O–H groups in total. The molecule has 0 radical (unpaired) electrons. The third-order valence-corrected chi connectivity index (χ3v) is 11.0. The maximum atomic E-state index is 13.4. The number of aliphatic hydroxyl groups is 1. The molecule has 0 bridgehead atoms. The number of anilines is 2. The minimum atomic E-state index is -0.788. The van der Waals surface area contributed by atoms with Gasteiger partial charge in [0, 0.05) is 87.0 Å². The van der Waals surface area contributed by atoms with Crippen LogP contribution in [-0.4, -0.2) is 122 Å². The van der Waals surface area contributed by atoms with Gasteiger partial charge in [0.1, 0.15) is 18.2 Å². The SMILES string of the molecule is C=N/N=C(/CCN1CCN(c2ccc3c(c2)C(=O)N(C(C)CCC(=O)NC=O)C3=O)CC1)OC/C(=C/Nc1ccc2c(c1)C(C)(C)OC2=O)C(N=C)=N[C@H](CO)c1ccccc1. The highest BCUT2D eigenvalue weighted by atomic mass is 16.6. The van der Waals surface area contributed by atoms with E-state index < -0.39 is 35.4 Å². The lowest BCUT2D eigenvalue weighted by molar-refractivity contribution is -0.125. The van der Waals surface area contributed by atoms with Crippen LogP contribution in [0.5, 0.6) is 0 Å². The van der Waals surface area contributed by atoms with E-state index >= 15 is 0 Å². The van der Waals surface area contributed by atoms with Crippen molar-refractivity contribution >= 4 is 66.6 Å². The van der Waals surface area contributed by atoms with Crippen LogP contribution in [0.15, 0.2) is 98.7 Å². The number of aliphatic imine (C=N–C) groups is 2. The van der Waals surface area contributed by atoms with Crippen molar-refractivity contribution < 1.29 is 38.6 Å². The number of ether oxygens (including phenoxy) is 2. The van der Waals surface area contributed by atoms with Crippen molar-refractivity contribution in [3.05, 3.63) is 106 Å². The fourth-order valence-corrected chi connectivity index (χ4v) is 7.59. The Balaban J connectivity index is 1.09. The molecule has 1 saturated heterocycles. The van der Waals surface area contributed by atoms with Gasteiger partial charge in [-0.2, -0.15) is 5.10 Å². The Hall–Kier alpha value is -6.85. The summed E-state index contributed by atoms with van der Waals surface area (Å²) in [5.74, 6) is -1.09. The molecular formula is C45H51N9O8. The van der Waals surface area contributed by atoms with Crippen LogP contribution in [0.1, 0.15) is 88.3 Å². The van der Waals surface area contributed by atoms with Gasteiger partial charge in [-0.15, -0.1) is 5.10 Å². The van der Waals surface area contributed by atoms with Gasteiger partial charge in [0.2, 0.25) is 18.2 Å². The van der Waals surface area contributed by atoms with Crippen molar-refractivity contribution in [1.29, 1.82) is 0 Å². The molecule has 3 aromatic carbocycles. The summed E-state index contributed by atoms with van der Waals surface area (Å²) in [6, 6.07) is 18.8. The maximum absolute atomic E-state index is 13.4. The highest BCUT2D eigenvalue weighted by Crippen LogP contribution is 2.37. The van der Waals surface area contributed by atoms with E-state index in [1.165, 1.54) is 4.90 Å². The summed E-state index contributed by atoms with van der Waals surface area (Å²) in [5.41, 5.74) is 3.92. The number of aliphatic hydroxyl groups excluding tert-OH is 1. The minimum Gasteiger partial charge on any atom is -0.475 e. The van der Waals surface area contributed by atoms with Crippen molar-refractivity contribution in [2.24, 2.45) is 20.2 Å². The van der Waals surface area contributed by atoms with Gasteiger partial charge in [0.25, 0.3) is 11.8 Å². The number of hydrogen-bond acceptors (Lipinski definition) is 14. The van der Waals surface area contributed by atoms with Gasteiger partial charge in [0.15, 0.2) is 5.84 Å². The average Bonchev–Trinajstić information content (AvgIpc) is 3.67. The molecule has 1 fully saturated rings. The normalized spacial score (nSPS) is 17.5. The Morgan fingerprint density at radius 1 is 0.968 bits per heavy atom. The topological polar surface area (TPSA) is 207 Å². The standard InChI is InChI=1S/C45H51N9O8/c1-29(11-16-39(57)49-28-56)54-42(58)34-15-13-33(24-36(34)43(54)59)53-21-19-52(20-22-53)18-17-40(51-47-5)61-27-31(41(46-4)50-38(26-55)30-9-7-6-8-10-30)25-48-32-12-14-35-37(23-32)45(2,3)62-44(35)60/h6-10,12-15,23-25,28-29,38,48,55H,4-5,11,16-22,26-27H2,1-3H3,(H,49,56,57)/b31-25-,50-41?,51-40-/t29?,38-/m1/s1. The Kier molecular flexibility index (Phi) is 14.5. The molecule has 62 heavy (non-hydrogen) atoms. The third kappa shape index (κ3) is 10.4. The number of amides is 4. The monoisotopic (exact) mass is 845 g/mol. The predicted molar refractivity (Wildman–Crippen MR) is 236 cm³/mol. The summed E-state index contributed by atoms with van der Waals surface area (Å²) in [6.45, 7) is 15.7. The van der Waals surface area contributed by atoms with Crippen molar-refractivity contribution in [3.8, 4) is 0 Å². The first-order valence-corrected chi connectivity index (χ1v) is 20.3. The fraction of sp³-hybridized carbons (Fsp3) is 0.356. The number of nitrogens with one attached hydrogen (secondary N) is 2. The zero-order chi connectivity index (χ0) is 44.4. The van der Waals surface area contributed by atoms with Crippen molar-refractivity contribution in [3.63, 3.8) is 0 Å². The summed E-state index contributed by atoms with van der Waals surface area (Å²) >= 11 is 0. The summed E-state index contributed by atoms with van der Waals surface area (Å²) in [4.78, 5) is 75.9. The highest BCUT2D eigenvalue weighted by Gasteiger charge is 2.39. The van der Waals surface area contributed by atoms with E-state index in [0.717, 1.165) is 16.8 Å². The Morgan fingerprint density at radius 2 is 1.69 bits per heavy atom. The first kappa shape index (κ1) is 44.7. The lowest BCUT2D eigenvalue weighted by atomic mass is 9.95. The zero-order valence-corrected chi connectivity index (χ0v) is 35.1. The molecule has 6 rings (SSSR count). The number of amidine groups is 1. The van der Waals surface area contributed by atoms with Gasteiger partial charge in [-0.3, -0.25) is 39.3 Å². The van der Waals surface area contributed by atoms with E-state index in [1.807, 2.05) is 56.3 Å². The molecule has 2 atom stereocenters. The summed E-state index contributed by atoms with van der Waals surface area (Å²) in [7, 11) is 0. The second kappa shape index (κ2) is 20.1. The molecule has 324 valence electrons. The van der Waals surface area contributed by atoms with Crippen molar-refractivity contribution in [2.75, 3.05) is 56.2 Å². The van der Waals surface area contributed by atoms with Crippen LogP contribution >= 0.6 is 0 Å². The van der Waals surface area contributed by atoms with E-state index in [2.05, 4.69) is 49.1 Å². The molecule has 0 saturated carbocycles. The highest BCUT2D eigenvalue weighted by molar-refractivity contribution is 6.22. The quantitative estimate of drug-likeness (QED) is 0.0406. The van der Waals surface area contributed by atoms with Crippen LogP contribution in [0.4, 0.5) is 11.4 Å². The van der Waals surface area contributed by atoms with Crippen molar-refractivity contribution in [2.45, 2.75) is 57.7 Å². The smallest absolute Gasteiger partial charge is 0.339 e. The van der Waals surface area contributed by atoms with E-state index in [0.29, 0.717) is 79.4 Å². The molecule has 1 unspecified atom stereocenters. The second-order valence-electron chi connectivity index (χ2n) is 15.5. The van der Waals surface area contributed by atoms with Gasteiger partial charge in [-0.1, -0.05) is 30.3 Å². The molecule has 3 aliphatic heterocycles. The lowest BCUT2D eigenvalue weighted by Crippen LogP contribution is -2.47. The summed E-state index contributed by atoms with van der Waals surface area (Å²) in [5, 5.41) is 23.6. The molecule has 0 spiro atoms. The van der Waals surface area contributed by atoms with E-state index in [1.54, 1.807) is 37.4 Å². The first-order chi connectivity index (χ1) is 29.9. The molecule has 0 aliphatic carbocycles. The van der Waals surface area contributed by atoms with Crippen LogP contribution in [0.3, 0.4) is 0 Å². The Labute approximate surface area is 359 Å². The Bertz CT molecular complexity index is 2300. The van der Waals surface area contributed by atoms with Gasteiger partial charge in [-0.05, 0) is 75.9 Å². The number of carbonyl (C=O) groups excluding carboxylic acids is 5. The van der Waals surface area contributed by atoms with Crippen LogP contribution in [0.25, 0.3) is 0 Å². The van der Waals surface area contributed by atoms with E-state index in [-0.39, 0.29) is 37.9 Å². The van der Waals surface area contributed by atoms with Crippen LogP contribution < -0.4 is 15.5 Å². The van der Waals surface area contributed by atoms with Crippen LogP contribution in [0.2, 0.25) is 0 Å². The zero-order valence-electron chi connectivity index (χ0n) is 35.1. The molecule has 17 nitrogen and oxygen atoms in total. The molecule has 17 heteroatoms. The van der Waals surface area contributed by atoms with Gasteiger partial charge >= 0.3 is 5.97 Å². The number of esters is 1. The summed E-state index contributed by atoms with van der Waals surface area (Å²) < 4.78 is 11.8. The summed E-state index contributed by atoms with van der Waals surface area (Å²) in [6.07, 6.45) is 2.64. The molecule has 4 amide bonds. The second-order valence-corrected chi connectivity index (χ2v) is 15.5. The molecule has 0 aromatic heterocycles.